The first kappa shape index (κ1) is 12.9. The van der Waals surface area contributed by atoms with E-state index in [1.807, 2.05) is 20.8 Å². The molecular weight excluding hydrogens is 193 g/mol. The van der Waals surface area contributed by atoms with Crippen molar-refractivity contribution in [2.45, 2.75) is 57.8 Å². The summed E-state index contributed by atoms with van der Waals surface area (Å²) in [6, 6.07) is 0.403. The highest BCUT2D eigenvalue weighted by atomic mass is 19.1. The Morgan fingerprint density at radius 1 is 1.47 bits per heavy atom. The SMILES string of the molecule is CN1CCC[C@H]1[C@H](CCF)OC(C)(C)C. The highest BCUT2D eigenvalue weighted by Crippen LogP contribution is 2.25. The zero-order valence-corrected chi connectivity index (χ0v) is 10.4. The molecule has 0 spiro atoms. The zero-order valence-electron chi connectivity index (χ0n) is 10.4. The van der Waals surface area contributed by atoms with Gasteiger partial charge in [0.15, 0.2) is 0 Å². The maximum absolute atomic E-state index is 12.5. The Kier molecular flexibility index (Phi) is 4.53. The molecule has 0 aromatic heterocycles. The molecule has 2 atom stereocenters. The number of rotatable bonds is 4. The lowest BCUT2D eigenvalue weighted by Crippen LogP contribution is -2.42. The third kappa shape index (κ3) is 4.07. The molecule has 1 aliphatic rings. The minimum Gasteiger partial charge on any atom is -0.371 e. The van der Waals surface area contributed by atoms with Crippen molar-refractivity contribution in [3.8, 4) is 0 Å². The van der Waals surface area contributed by atoms with Crippen molar-refractivity contribution in [2.75, 3.05) is 20.3 Å². The zero-order chi connectivity index (χ0) is 11.5. The van der Waals surface area contributed by atoms with E-state index in [0.717, 1.165) is 13.0 Å². The van der Waals surface area contributed by atoms with E-state index in [0.29, 0.717) is 12.5 Å². The number of hydrogen-bond donors (Lipinski definition) is 0. The van der Waals surface area contributed by atoms with Crippen LogP contribution in [0, 0.1) is 0 Å². The minimum absolute atomic E-state index is 0.0440. The van der Waals surface area contributed by atoms with Crippen LogP contribution in [-0.4, -0.2) is 42.9 Å². The van der Waals surface area contributed by atoms with Crippen molar-refractivity contribution < 1.29 is 9.13 Å². The summed E-state index contributed by atoms with van der Waals surface area (Å²) in [6.45, 7) is 6.93. The molecule has 3 heteroatoms. The predicted octanol–water partition coefficient (Wildman–Crippen LogP) is 2.62. The number of halogens is 1. The van der Waals surface area contributed by atoms with Gasteiger partial charge >= 0.3 is 0 Å². The van der Waals surface area contributed by atoms with Gasteiger partial charge in [-0.15, -0.1) is 0 Å². The van der Waals surface area contributed by atoms with E-state index < -0.39 is 0 Å². The lowest BCUT2D eigenvalue weighted by atomic mass is 10.0. The fraction of sp³-hybridized carbons (Fsp3) is 1.00. The van der Waals surface area contributed by atoms with Crippen LogP contribution in [-0.2, 0) is 4.74 Å². The fourth-order valence-corrected chi connectivity index (χ4v) is 2.30. The van der Waals surface area contributed by atoms with Crippen molar-refractivity contribution in [1.82, 2.24) is 4.90 Å². The Morgan fingerprint density at radius 2 is 2.13 bits per heavy atom. The highest BCUT2D eigenvalue weighted by Gasteiger charge is 2.32. The predicted molar refractivity (Wildman–Crippen MR) is 60.9 cm³/mol. The summed E-state index contributed by atoms with van der Waals surface area (Å²) in [5.74, 6) is 0. The van der Waals surface area contributed by atoms with Gasteiger partial charge in [-0.3, -0.25) is 4.39 Å². The summed E-state index contributed by atoms with van der Waals surface area (Å²) in [4.78, 5) is 2.30. The molecule has 0 radical (unpaired) electrons. The summed E-state index contributed by atoms with van der Waals surface area (Å²) in [7, 11) is 2.11. The number of ether oxygens (including phenoxy) is 1. The van der Waals surface area contributed by atoms with Gasteiger partial charge in [0.25, 0.3) is 0 Å². The largest absolute Gasteiger partial charge is 0.371 e. The normalized spacial score (nSPS) is 25.8. The summed E-state index contributed by atoms with van der Waals surface area (Å²) < 4.78 is 18.5. The molecule has 90 valence electrons. The highest BCUT2D eigenvalue weighted by molar-refractivity contribution is 4.85. The van der Waals surface area contributed by atoms with E-state index in [1.165, 1.54) is 6.42 Å². The molecule has 0 N–H and O–H groups in total. The van der Waals surface area contributed by atoms with Crippen molar-refractivity contribution in [2.24, 2.45) is 0 Å². The van der Waals surface area contributed by atoms with Crippen LogP contribution in [0.3, 0.4) is 0 Å². The summed E-state index contributed by atoms with van der Waals surface area (Å²) >= 11 is 0. The molecule has 0 amide bonds. The summed E-state index contributed by atoms with van der Waals surface area (Å²) in [5.41, 5.74) is -0.177. The topological polar surface area (TPSA) is 12.5 Å². The lowest BCUT2D eigenvalue weighted by molar-refractivity contribution is -0.0913. The van der Waals surface area contributed by atoms with Gasteiger partial charge < -0.3 is 9.64 Å². The summed E-state index contributed by atoms with van der Waals surface area (Å²) in [6.07, 6.45) is 2.91. The number of likely N-dealkylation sites (tertiary alicyclic amines) is 1. The second-order valence-corrected chi connectivity index (χ2v) is 5.44. The molecule has 15 heavy (non-hydrogen) atoms. The van der Waals surface area contributed by atoms with Crippen molar-refractivity contribution in [3.63, 3.8) is 0 Å². The van der Waals surface area contributed by atoms with Crippen LogP contribution in [0.15, 0.2) is 0 Å². The standard InChI is InChI=1S/C12H24FNO/c1-12(2,3)15-11(7-8-13)10-6-5-9-14(10)4/h10-11H,5-9H2,1-4H3/t10-,11-/m0/s1. The molecule has 0 bridgehead atoms. The third-order valence-corrected chi connectivity index (χ3v) is 2.90. The van der Waals surface area contributed by atoms with Crippen molar-refractivity contribution in [3.05, 3.63) is 0 Å². The first-order valence-corrected chi connectivity index (χ1v) is 5.88. The Balaban J connectivity index is 2.56. The maximum Gasteiger partial charge on any atom is 0.0919 e. The van der Waals surface area contributed by atoms with E-state index >= 15 is 0 Å². The van der Waals surface area contributed by atoms with Crippen LogP contribution in [0.4, 0.5) is 4.39 Å². The molecule has 0 aromatic rings. The van der Waals surface area contributed by atoms with Gasteiger partial charge in [0.05, 0.1) is 18.4 Å². The van der Waals surface area contributed by atoms with E-state index in [4.69, 9.17) is 4.74 Å². The first-order valence-electron chi connectivity index (χ1n) is 5.88. The van der Waals surface area contributed by atoms with Crippen LogP contribution >= 0.6 is 0 Å². The van der Waals surface area contributed by atoms with Gasteiger partial charge in [0.1, 0.15) is 0 Å². The number of likely N-dealkylation sites (N-methyl/N-ethyl adjacent to an activating group) is 1. The molecular formula is C12H24FNO. The van der Waals surface area contributed by atoms with Crippen LogP contribution in [0.5, 0.6) is 0 Å². The fourth-order valence-electron chi connectivity index (χ4n) is 2.30. The Bertz CT molecular complexity index is 191. The van der Waals surface area contributed by atoms with Crippen LogP contribution in [0.2, 0.25) is 0 Å². The molecule has 1 aliphatic heterocycles. The monoisotopic (exact) mass is 217 g/mol. The quantitative estimate of drug-likeness (QED) is 0.717. The molecule has 2 nitrogen and oxygen atoms in total. The molecule has 0 saturated carbocycles. The molecule has 1 heterocycles. The van der Waals surface area contributed by atoms with Gasteiger partial charge in [-0.25, -0.2) is 0 Å². The average molecular weight is 217 g/mol. The molecule has 1 fully saturated rings. The van der Waals surface area contributed by atoms with E-state index in [2.05, 4.69) is 11.9 Å². The third-order valence-electron chi connectivity index (χ3n) is 2.90. The molecule has 1 saturated heterocycles. The second-order valence-electron chi connectivity index (χ2n) is 5.44. The molecule has 0 aromatic carbocycles. The lowest BCUT2D eigenvalue weighted by Gasteiger charge is -2.34. The second kappa shape index (κ2) is 5.26. The van der Waals surface area contributed by atoms with Crippen LogP contribution < -0.4 is 0 Å². The Morgan fingerprint density at radius 3 is 2.53 bits per heavy atom. The molecule has 1 rings (SSSR count). The number of alkyl halides is 1. The van der Waals surface area contributed by atoms with Crippen LogP contribution in [0.25, 0.3) is 0 Å². The number of nitrogens with zero attached hydrogens (tertiary/aromatic N) is 1. The van der Waals surface area contributed by atoms with Gasteiger partial charge in [0.2, 0.25) is 0 Å². The van der Waals surface area contributed by atoms with E-state index in [9.17, 15) is 4.39 Å². The molecule has 0 aliphatic carbocycles. The van der Waals surface area contributed by atoms with Gasteiger partial charge in [0, 0.05) is 12.5 Å². The van der Waals surface area contributed by atoms with Crippen molar-refractivity contribution in [1.29, 1.82) is 0 Å². The summed E-state index contributed by atoms with van der Waals surface area (Å²) in [5, 5.41) is 0. The molecule has 0 unspecified atom stereocenters. The van der Waals surface area contributed by atoms with Gasteiger partial charge in [-0.2, -0.15) is 0 Å². The maximum atomic E-state index is 12.5. The minimum atomic E-state index is -0.287. The smallest absolute Gasteiger partial charge is 0.0919 e. The van der Waals surface area contributed by atoms with Gasteiger partial charge in [-0.1, -0.05) is 0 Å². The van der Waals surface area contributed by atoms with Crippen LogP contribution in [0.1, 0.15) is 40.0 Å². The van der Waals surface area contributed by atoms with E-state index in [-0.39, 0.29) is 18.4 Å². The van der Waals surface area contributed by atoms with E-state index in [1.54, 1.807) is 0 Å². The van der Waals surface area contributed by atoms with Crippen molar-refractivity contribution >= 4 is 0 Å². The average Bonchev–Trinajstić information content (AvgIpc) is 2.48. The number of hydrogen-bond acceptors (Lipinski definition) is 2. The van der Waals surface area contributed by atoms with Gasteiger partial charge in [-0.05, 0) is 47.2 Å². The first-order chi connectivity index (χ1) is 6.94. The Hall–Kier alpha value is -0.150. The Labute approximate surface area is 92.8 Å².